The highest BCUT2D eigenvalue weighted by molar-refractivity contribution is 8.00. The van der Waals surface area contributed by atoms with Crippen LogP contribution < -0.4 is 0 Å². The summed E-state index contributed by atoms with van der Waals surface area (Å²) in [5, 5.41) is 0.420. The second kappa shape index (κ2) is 9.36. The Balaban J connectivity index is 1.62. The molecule has 27 heavy (non-hydrogen) atoms. The SMILES string of the molecule is C[C@H](Sc1ccc(S(=O)(=O)N2CCOCC2)cn1)C(=O)N1CCCCCC1. The maximum atomic E-state index is 12.7. The number of hydrogen-bond donors (Lipinski definition) is 0. The Morgan fingerprint density at radius 3 is 2.37 bits per heavy atom. The smallest absolute Gasteiger partial charge is 0.244 e. The van der Waals surface area contributed by atoms with E-state index in [9.17, 15) is 13.2 Å². The summed E-state index contributed by atoms with van der Waals surface area (Å²) in [7, 11) is -3.54. The third kappa shape index (κ3) is 5.22. The van der Waals surface area contributed by atoms with Crippen LogP contribution in [0.3, 0.4) is 0 Å². The topological polar surface area (TPSA) is 79.8 Å². The molecule has 0 spiro atoms. The van der Waals surface area contributed by atoms with Crippen molar-refractivity contribution in [3.63, 3.8) is 0 Å². The lowest BCUT2D eigenvalue weighted by molar-refractivity contribution is -0.130. The van der Waals surface area contributed by atoms with Crippen LogP contribution >= 0.6 is 11.8 Å². The number of pyridine rings is 1. The van der Waals surface area contributed by atoms with Crippen LogP contribution in [0.4, 0.5) is 0 Å². The molecule has 0 aromatic carbocycles. The molecule has 0 N–H and O–H groups in total. The number of rotatable bonds is 5. The van der Waals surface area contributed by atoms with Crippen molar-refractivity contribution in [2.75, 3.05) is 39.4 Å². The lowest BCUT2D eigenvalue weighted by Gasteiger charge is -2.26. The van der Waals surface area contributed by atoms with Crippen LogP contribution in [0.5, 0.6) is 0 Å². The molecule has 3 heterocycles. The number of thioether (sulfide) groups is 1. The number of sulfonamides is 1. The molecule has 150 valence electrons. The van der Waals surface area contributed by atoms with E-state index in [-0.39, 0.29) is 16.1 Å². The van der Waals surface area contributed by atoms with Crippen LogP contribution in [-0.2, 0) is 19.6 Å². The summed E-state index contributed by atoms with van der Waals surface area (Å²) in [6.45, 7) is 5.09. The van der Waals surface area contributed by atoms with Gasteiger partial charge in [-0.3, -0.25) is 4.79 Å². The van der Waals surface area contributed by atoms with Crippen LogP contribution in [0.15, 0.2) is 28.3 Å². The Hall–Kier alpha value is -1.16. The van der Waals surface area contributed by atoms with Gasteiger partial charge in [0.2, 0.25) is 15.9 Å². The molecule has 2 aliphatic rings. The number of aromatic nitrogens is 1. The molecule has 2 fully saturated rings. The Kier molecular flexibility index (Phi) is 7.13. The van der Waals surface area contributed by atoms with Gasteiger partial charge in [0.15, 0.2) is 0 Å². The molecule has 0 unspecified atom stereocenters. The largest absolute Gasteiger partial charge is 0.379 e. The molecule has 2 aliphatic heterocycles. The second-order valence-electron chi connectivity index (χ2n) is 6.85. The lowest BCUT2D eigenvalue weighted by Crippen LogP contribution is -2.40. The molecule has 3 rings (SSSR count). The average molecular weight is 414 g/mol. The van der Waals surface area contributed by atoms with Crippen molar-refractivity contribution in [1.82, 2.24) is 14.2 Å². The van der Waals surface area contributed by atoms with E-state index in [0.29, 0.717) is 31.3 Å². The fourth-order valence-electron chi connectivity index (χ4n) is 3.30. The quantitative estimate of drug-likeness (QED) is 0.687. The molecular weight excluding hydrogens is 386 g/mol. The summed E-state index contributed by atoms with van der Waals surface area (Å²) in [5.41, 5.74) is 0. The Bertz CT molecular complexity index is 725. The number of morpholine rings is 1. The van der Waals surface area contributed by atoms with Gasteiger partial charge in [-0.05, 0) is 31.9 Å². The standard InChI is InChI=1S/C18H27N3O4S2/c1-15(18(22)20-8-4-2-3-5-9-20)26-17-7-6-16(14-19-17)27(23,24)21-10-12-25-13-11-21/h6-7,14-15H,2-5,8-13H2,1H3/t15-/m0/s1. The Morgan fingerprint density at radius 1 is 1.11 bits per heavy atom. The van der Waals surface area contributed by atoms with Gasteiger partial charge in [-0.15, -0.1) is 0 Å². The first-order valence-corrected chi connectivity index (χ1v) is 11.8. The van der Waals surface area contributed by atoms with Gasteiger partial charge in [0.25, 0.3) is 0 Å². The maximum Gasteiger partial charge on any atom is 0.244 e. The highest BCUT2D eigenvalue weighted by Gasteiger charge is 2.27. The highest BCUT2D eigenvalue weighted by atomic mass is 32.2. The normalized spacial score (nSPS) is 20.9. The second-order valence-corrected chi connectivity index (χ2v) is 10.1. The number of nitrogens with zero attached hydrogens (tertiary/aromatic N) is 3. The van der Waals surface area contributed by atoms with E-state index in [2.05, 4.69) is 4.98 Å². The van der Waals surface area contributed by atoms with Crippen molar-refractivity contribution in [3.8, 4) is 0 Å². The van der Waals surface area contributed by atoms with E-state index in [1.54, 1.807) is 12.1 Å². The van der Waals surface area contributed by atoms with E-state index >= 15 is 0 Å². The van der Waals surface area contributed by atoms with E-state index in [0.717, 1.165) is 25.9 Å². The minimum Gasteiger partial charge on any atom is -0.379 e. The molecule has 1 amide bonds. The summed E-state index contributed by atoms with van der Waals surface area (Å²) in [6, 6.07) is 3.26. The number of carbonyl (C=O) groups is 1. The minimum absolute atomic E-state index is 0.133. The molecule has 0 aliphatic carbocycles. The van der Waals surface area contributed by atoms with Crippen LogP contribution in [-0.4, -0.2) is 73.2 Å². The lowest BCUT2D eigenvalue weighted by atomic mass is 10.2. The van der Waals surface area contributed by atoms with Crippen molar-refractivity contribution in [2.24, 2.45) is 0 Å². The summed E-state index contributed by atoms with van der Waals surface area (Å²) >= 11 is 1.38. The molecular formula is C18H27N3O4S2. The van der Waals surface area contributed by atoms with Crippen molar-refractivity contribution in [3.05, 3.63) is 18.3 Å². The van der Waals surface area contributed by atoms with Crippen molar-refractivity contribution < 1.29 is 17.9 Å². The van der Waals surface area contributed by atoms with Crippen LogP contribution in [0.25, 0.3) is 0 Å². The van der Waals surface area contributed by atoms with Gasteiger partial charge in [-0.1, -0.05) is 24.6 Å². The Morgan fingerprint density at radius 2 is 1.78 bits per heavy atom. The Labute approximate surface area is 165 Å². The van der Waals surface area contributed by atoms with Crippen LogP contribution in [0.2, 0.25) is 0 Å². The van der Waals surface area contributed by atoms with Crippen LogP contribution in [0.1, 0.15) is 32.6 Å². The van der Waals surface area contributed by atoms with Crippen molar-refractivity contribution in [2.45, 2.75) is 47.8 Å². The maximum absolute atomic E-state index is 12.7. The van der Waals surface area contributed by atoms with Crippen molar-refractivity contribution in [1.29, 1.82) is 0 Å². The molecule has 2 saturated heterocycles. The number of carbonyl (C=O) groups excluding carboxylic acids is 1. The van der Waals surface area contributed by atoms with E-state index in [1.165, 1.54) is 35.1 Å². The molecule has 0 bridgehead atoms. The zero-order chi connectivity index (χ0) is 19.3. The summed E-state index contributed by atoms with van der Waals surface area (Å²) < 4.78 is 31.9. The number of amides is 1. The third-order valence-electron chi connectivity index (χ3n) is 4.88. The molecule has 0 saturated carbocycles. The first-order chi connectivity index (χ1) is 13.0. The summed E-state index contributed by atoms with van der Waals surface area (Å²) in [4.78, 5) is 19.1. The number of likely N-dealkylation sites (tertiary alicyclic amines) is 1. The third-order valence-corrected chi connectivity index (χ3v) is 7.80. The molecule has 7 nitrogen and oxygen atoms in total. The van der Waals surface area contributed by atoms with Gasteiger partial charge in [-0.25, -0.2) is 13.4 Å². The molecule has 9 heteroatoms. The molecule has 1 aromatic heterocycles. The first kappa shape index (κ1) is 20.6. The zero-order valence-corrected chi connectivity index (χ0v) is 17.3. The van der Waals surface area contributed by atoms with Gasteiger partial charge in [0, 0.05) is 32.4 Å². The molecule has 1 atom stereocenters. The number of ether oxygens (including phenoxy) is 1. The molecule has 1 aromatic rings. The van der Waals surface area contributed by atoms with E-state index in [1.807, 2.05) is 11.8 Å². The number of hydrogen-bond acceptors (Lipinski definition) is 6. The zero-order valence-electron chi connectivity index (χ0n) is 15.7. The van der Waals surface area contributed by atoms with E-state index < -0.39 is 10.0 Å². The molecule has 0 radical (unpaired) electrons. The fraction of sp³-hybridized carbons (Fsp3) is 0.667. The van der Waals surface area contributed by atoms with Gasteiger partial charge in [-0.2, -0.15) is 4.31 Å². The fourth-order valence-corrected chi connectivity index (χ4v) is 5.53. The summed E-state index contributed by atoms with van der Waals surface area (Å²) in [6.07, 6.45) is 5.89. The van der Waals surface area contributed by atoms with Gasteiger partial charge in [0.1, 0.15) is 4.90 Å². The van der Waals surface area contributed by atoms with Crippen LogP contribution in [0, 0.1) is 0 Å². The first-order valence-electron chi connectivity index (χ1n) is 9.48. The van der Waals surface area contributed by atoms with Crippen molar-refractivity contribution >= 4 is 27.7 Å². The minimum atomic E-state index is -3.54. The predicted molar refractivity (Wildman–Crippen MR) is 104 cm³/mol. The highest BCUT2D eigenvalue weighted by Crippen LogP contribution is 2.25. The van der Waals surface area contributed by atoms with Gasteiger partial charge >= 0.3 is 0 Å². The summed E-state index contributed by atoms with van der Waals surface area (Å²) in [5.74, 6) is 0.133. The average Bonchev–Trinajstić information content (AvgIpc) is 2.98. The van der Waals surface area contributed by atoms with Gasteiger partial charge < -0.3 is 9.64 Å². The van der Waals surface area contributed by atoms with Gasteiger partial charge in [0.05, 0.1) is 23.5 Å². The monoisotopic (exact) mass is 413 g/mol. The van der Waals surface area contributed by atoms with E-state index in [4.69, 9.17) is 4.74 Å². The predicted octanol–water partition coefficient (Wildman–Crippen LogP) is 1.99.